The highest BCUT2D eigenvalue weighted by Crippen LogP contribution is 2.30. The van der Waals surface area contributed by atoms with E-state index in [-0.39, 0.29) is 11.9 Å². The molecule has 0 saturated carbocycles. The first kappa shape index (κ1) is 13.8. The van der Waals surface area contributed by atoms with Gasteiger partial charge in [-0.3, -0.25) is 0 Å². The van der Waals surface area contributed by atoms with E-state index in [1.165, 1.54) is 23.5 Å². The molecule has 5 heteroatoms. The average molecular weight is 304 g/mol. The molecule has 1 aromatic carbocycles. The zero-order valence-electron chi connectivity index (χ0n) is 9.71. The highest BCUT2D eigenvalue weighted by molar-refractivity contribution is 7.16. The SMILES string of the molecule is CNC(Cc1ccc(F)cc1Cl)c1ccc(Cl)s1. The first-order chi connectivity index (χ1) is 8.60. The fourth-order valence-corrected chi connectivity index (χ4v) is 3.18. The fraction of sp³-hybridized carbons (Fsp3) is 0.231. The van der Waals surface area contributed by atoms with Crippen molar-refractivity contribution >= 4 is 34.5 Å². The molecule has 1 atom stereocenters. The predicted octanol–water partition coefficient (Wildman–Crippen LogP) is 4.70. The molecule has 0 aliphatic rings. The van der Waals surface area contributed by atoms with Crippen LogP contribution in [0, 0.1) is 5.82 Å². The number of benzene rings is 1. The molecular weight excluding hydrogens is 292 g/mol. The summed E-state index contributed by atoms with van der Waals surface area (Å²) in [5.41, 5.74) is 0.918. The molecule has 0 saturated heterocycles. The molecule has 0 aliphatic heterocycles. The van der Waals surface area contributed by atoms with Crippen LogP contribution in [0.15, 0.2) is 30.3 Å². The highest BCUT2D eigenvalue weighted by Gasteiger charge is 2.14. The van der Waals surface area contributed by atoms with Gasteiger partial charge in [0, 0.05) is 15.9 Å². The maximum Gasteiger partial charge on any atom is 0.124 e. The summed E-state index contributed by atoms with van der Waals surface area (Å²) in [4.78, 5) is 1.14. The Kier molecular flexibility index (Phi) is 4.62. The van der Waals surface area contributed by atoms with Crippen molar-refractivity contribution in [3.63, 3.8) is 0 Å². The van der Waals surface area contributed by atoms with Crippen LogP contribution in [0.1, 0.15) is 16.5 Å². The number of likely N-dealkylation sites (N-methyl/N-ethyl adjacent to an activating group) is 1. The van der Waals surface area contributed by atoms with Gasteiger partial charge in [0.25, 0.3) is 0 Å². The lowest BCUT2D eigenvalue weighted by atomic mass is 10.0. The summed E-state index contributed by atoms with van der Waals surface area (Å²) < 4.78 is 13.7. The number of halogens is 3. The van der Waals surface area contributed by atoms with Crippen LogP contribution >= 0.6 is 34.5 Å². The van der Waals surface area contributed by atoms with Gasteiger partial charge in [0.05, 0.1) is 4.34 Å². The Labute approximate surface area is 120 Å². The number of hydrogen-bond donors (Lipinski definition) is 1. The molecule has 1 nitrogen and oxygen atoms in total. The summed E-state index contributed by atoms with van der Waals surface area (Å²) in [6.45, 7) is 0. The van der Waals surface area contributed by atoms with Gasteiger partial charge in [-0.15, -0.1) is 11.3 Å². The maximum atomic E-state index is 13.0. The molecule has 0 bridgehead atoms. The van der Waals surface area contributed by atoms with Crippen LogP contribution < -0.4 is 5.32 Å². The van der Waals surface area contributed by atoms with Crippen molar-refractivity contribution in [1.29, 1.82) is 0 Å². The second-order valence-electron chi connectivity index (χ2n) is 3.92. The lowest BCUT2D eigenvalue weighted by molar-refractivity contribution is 0.598. The third-order valence-electron chi connectivity index (χ3n) is 2.73. The van der Waals surface area contributed by atoms with E-state index in [1.54, 1.807) is 6.07 Å². The molecule has 18 heavy (non-hydrogen) atoms. The zero-order chi connectivity index (χ0) is 13.1. The van der Waals surface area contributed by atoms with Gasteiger partial charge in [0.2, 0.25) is 0 Å². The lowest BCUT2D eigenvalue weighted by Crippen LogP contribution is -2.17. The quantitative estimate of drug-likeness (QED) is 0.863. The summed E-state index contributed by atoms with van der Waals surface area (Å²) in [5, 5.41) is 3.68. The van der Waals surface area contributed by atoms with Crippen molar-refractivity contribution in [2.45, 2.75) is 12.5 Å². The van der Waals surface area contributed by atoms with E-state index in [4.69, 9.17) is 23.2 Å². The van der Waals surface area contributed by atoms with Gasteiger partial charge in [-0.1, -0.05) is 29.3 Å². The van der Waals surface area contributed by atoms with Gasteiger partial charge >= 0.3 is 0 Å². The molecule has 1 heterocycles. The van der Waals surface area contributed by atoms with Crippen LogP contribution in [0.3, 0.4) is 0 Å². The van der Waals surface area contributed by atoms with E-state index in [0.717, 1.165) is 14.8 Å². The molecule has 0 radical (unpaired) electrons. The Balaban J connectivity index is 2.20. The maximum absolute atomic E-state index is 13.0. The van der Waals surface area contributed by atoms with Crippen molar-refractivity contribution in [3.05, 3.63) is 55.9 Å². The van der Waals surface area contributed by atoms with Crippen molar-refractivity contribution in [2.24, 2.45) is 0 Å². The van der Waals surface area contributed by atoms with Crippen LogP contribution in [0.25, 0.3) is 0 Å². The highest BCUT2D eigenvalue weighted by atomic mass is 35.5. The summed E-state index contributed by atoms with van der Waals surface area (Å²) in [7, 11) is 1.88. The fourth-order valence-electron chi connectivity index (χ4n) is 1.77. The molecular formula is C13H12Cl2FNS. The number of rotatable bonds is 4. The van der Waals surface area contributed by atoms with Gasteiger partial charge in [-0.05, 0) is 43.3 Å². The van der Waals surface area contributed by atoms with Gasteiger partial charge in [-0.25, -0.2) is 4.39 Å². The Morgan fingerprint density at radius 2 is 2.06 bits per heavy atom. The van der Waals surface area contributed by atoms with Crippen LogP contribution in [0.2, 0.25) is 9.36 Å². The van der Waals surface area contributed by atoms with Gasteiger partial charge in [0.1, 0.15) is 5.82 Å². The summed E-state index contributed by atoms with van der Waals surface area (Å²) >= 11 is 13.5. The Hall–Kier alpha value is -0.610. The van der Waals surface area contributed by atoms with Crippen LogP contribution in [0.4, 0.5) is 4.39 Å². The monoisotopic (exact) mass is 303 g/mol. The van der Waals surface area contributed by atoms with E-state index in [1.807, 2.05) is 19.2 Å². The van der Waals surface area contributed by atoms with Gasteiger partial charge in [-0.2, -0.15) is 0 Å². The number of nitrogens with one attached hydrogen (secondary N) is 1. The van der Waals surface area contributed by atoms with Crippen LogP contribution in [-0.2, 0) is 6.42 Å². The zero-order valence-corrected chi connectivity index (χ0v) is 12.0. The number of thiophene rings is 1. The second-order valence-corrected chi connectivity index (χ2v) is 6.08. The predicted molar refractivity (Wildman–Crippen MR) is 76.2 cm³/mol. The van der Waals surface area contributed by atoms with Gasteiger partial charge in [0.15, 0.2) is 0 Å². The van der Waals surface area contributed by atoms with E-state index in [9.17, 15) is 4.39 Å². The van der Waals surface area contributed by atoms with Crippen molar-refractivity contribution < 1.29 is 4.39 Å². The average Bonchev–Trinajstić information content (AvgIpc) is 2.75. The third kappa shape index (κ3) is 3.23. The van der Waals surface area contributed by atoms with E-state index >= 15 is 0 Å². The minimum absolute atomic E-state index is 0.130. The second kappa shape index (κ2) is 6.02. The Morgan fingerprint density at radius 1 is 1.28 bits per heavy atom. The molecule has 1 N–H and O–H groups in total. The summed E-state index contributed by atoms with van der Waals surface area (Å²) in [5.74, 6) is -0.316. The van der Waals surface area contributed by atoms with E-state index in [2.05, 4.69) is 5.32 Å². The minimum atomic E-state index is -0.316. The van der Waals surface area contributed by atoms with Crippen LogP contribution in [0.5, 0.6) is 0 Å². The Morgan fingerprint density at radius 3 is 2.61 bits per heavy atom. The van der Waals surface area contributed by atoms with Gasteiger partial charge < -0.3 is 5.32 Å². The van der Waals surface area contributed by atoms with Crippen LogP contribution in [-0.4, -0.2) is 7.05 Å². The Bertz CT molecular complexity index is 542. The minimum Gasteiger partial charge on any atom is -0.312 e. The van der Waals surface area contributed by atoms with E-state index < -0.39 is 0 Å². The molecule has 0 aliphatic carbocycles. The third-order valence-corrected chi connectivity index (χ3v) is 4.42. The molecule has 96 valence electrons. The lowest BCUT2D eigenvalue weighted by Gasteiger charge is -2.15. The first-order valence-corrected chi connectivity index (χ1v) is 7.04. The molecule has 2 aromatic rings. The standard InChI is InChI=1S/C13H12Cl2FNS/c1-17-11(12-4-5-13(15)18-12)6-8-2-3-9(16)7-10(8)14/h2-5,7,11,17H,6H2,1H3. The molecule has 0 amide bonds. The first-order valence-electron chi connectivity index (χ1n) is 5.46. The smallest absolute Gasteiger partial charge is 0.124 e. The number of hydrogen-bond acceptors (Lipinski definition) is 2. The topological polar surface area (TPSA) is 12.0 Å². The largest absolute Gasteiger partial charge is 0.312 e. The molecule has 2 rings (SSSR count). The summed E-state index contributed by atoms with van der Waals surface area (Å²) in [6, 6.07) is 8.48. The molecule has 0 fully saturated rings. The molecule has 1 unspecified atom stereocenters. The van der Waals surface area contributed by atoms with E-state index in [0.29, 0.717) is 11.4 Å². The normalized spacial score (nSPS) is 12.7. The van der Waals surface area contributed by atoms with Crippen molar-refractivity contribution in [3.8, 4) is 0 Å². The molecule has 1 aromatic heterocycles. The van der Waals surface area contributed by atoms with Crippen molar-refractivity contribution in [1.82, 2.24) is 5.32 Å². The van der Waals surface area contributed by atoms with Crippen molar-refractivity contribution in [2.75, 3.05) is 7.05 Å². The summed E-state index contributed by atoms with van der Waals surface area (Å²) in [6.07, 6.45) is 0.701. The molecule has 0 spiro atoms.